The average molecular weight is 280 g/mol. The standard InChI is InChI=1S/C14H22N4O2/c1-9(19)17-13-7-11(3-5-15)8-14(18-10(2)20)12(13)4-6-16/h7-8H,3-6,15-16H2,1-2H3,(H,17,19)(H,18,20)/p+2. The van der Waals surface area contributed by atoms with E-state index in [-0.39, 0.29) is 11.8 Å². The highest BCUT2D eigenvalue weighted by Crippen LogP contribution is 2.28. The van der Waals surface area contributed by atoms with Gasteiger partial charge in [0, 0.05) is 43.6 Å². The molecule has 0 radical (unpaired) electrons. The Kier molecular flexibility index (Phi) is 6.14. The Labute approximate surface area is 118 Å². The maximum Gasteiger partial charge on any atom is 0.221 e. The van der Waals surface area contributed by atoms with Crippen LogP contribution in [0.5, 0.6) is 0 Å². The topological polar surface area (TPSA) is 113 Å². The summed E-state index contributed by atoms with van der Waals surface area (Å²) in [7, 11) is 0. The second-order valence-corrected chi connectivity index (χ2v) is 4.74. The molecule has 1 aromatic rings. The summed E-state index contributed by atoms with van der Waals surface area (Å²) in [6.45, 7) is 4.39. The molecule has 6 heteroatoms. The molecule has 0 heterocycles. The number of nitrogens with one attached hydrogen (secondary N) is 2. The molecule has 110 valence electrons. The van der Waals surface area contributed by atoms with E-state index in [0.29, 0.717) is 13.0 Å². The number of benzene rings is 1. The van der Waals surface area contributed by atoms with Crippen molar-refractivity contribution < 1.29 is 21.1 Å². The van der Waals surface area contributed by atoms with Crippen molar-refractivity contribution in [2.75, 3.05) is 23.7 Å². The van der Waals surface area contributed by atoms with Gasteiger partial charge in [0.1, 0.15) is 0 Å². The van der Waals surface area contributed by atoms with E-state index >= 15 is 0 Å². The monoisotopic (exact) mass is 280 g/mol. The predicted molar refractivity (Wildman–Crippen MR) is 78.0 cm³/mol. The lowest BCUT2D eigenvalue weighted by atomic mass is 10.0. The molecule has 1 aromatic carbocycles. The van der Waals surface area contributed by atoms with Crippen LogP contribution in [0.3, 0.4) is 0 Å². The van der Waals surface area contributed by atoms with E-state index in [1.165, 1.54) is 13.8 Å². The largest absolute Gasteiger partial charge is 0.357 e. The fourth-order valence-electron chi connectivity index (χ4n) is 2.13. The van der Waals surface area contributed by atoms with E-state index in [1.54, 1.807) is 0 Å². The van der Waals surface area contributed by atoms with Gasteiger partial charge >= 0.3 is 0 Å². The van der Waals surface area contributed by atoms with Crippen molar-refractivity contribution in [1.29, 1.82) is 0 Å². The van der Waals surface area contributed by atoms with Crippen LogP contribution in [0.4, 0.5) is 11.4 Å². The number of anilines is 2. The van der Waals surface area contributed by atoms with Crippen molar-refractivity contribution in [3.05, 3.63) is 23.3 Å². The van der Waals surface area contributed by atoms with Crippen LogP contribution in [0.25, 0.3) is 0 Å². The molecule has 0 saturated carbocycles. The zero-order valence-corrected chi connectivity index (χ0v) is 12.2. The number of carbonyl (C=O) groups is 2. The third-order valence-corrected chi connectivity index (χ3v) is 2.82. The lowest BCUT2D eigenvalue weighted by Crippen LogP contribution is -2.51. The van der Waals surface area contributed by atoms with E-state index in [0.717, 1.165) is 35.5 Å². The molecular formula is C14H24N4O2+2. The Morgan fingerprint density at radius 3 is 1.75 bits per heavy atom. The summed E-state index contributed by atoms with van der Waals surface area (Å²) >= 11 is 0. The van der Waals surface area contributed by atoms with E-state index in [2.05, 4.69) is 22.1 Å². The van der Waals surface area contributed by atoms with Gasteiger partial charge in [0.05, 0.1) is 13.1 Å². The molecule has 20 heavy (non-hydrogen) atoms. The Morgan fingerprint density at radius 2 is 1.40 bits per heavy atom. The number of hydrogen-bond acceptors (Lipinski definition) is 2. The third-order valence-electron chi connectivity index (χ3n) is 2.82. The smallest absolute Gasteiger partial charge is 0.221 e. The first-order chi connectivity index (χ1) is 9.47. The number of hydrogen-bond donors (Lipinski definition) is 4. The molecule has 0 aliphatic carbocycles. The zero-order valence-electron chi connectivity index (χ0n) is 12.2. The van der Waals surface area contributed by atoms with Crippen LogP contribution in [-0.2, 0) is 22.4 Å². The summed E-state index contributed by atoms with van der Waals surface area (Å²) in [6, 6.07) is 3.89. The van der Waals surface area contributed by atoms with Crippen LogP contribution in [0.2, 0.25) is 0 Å². The van der Waals surface area contributed by atoms with Gasteiger partial charge in [-0.3, -0.25) is 9.59 Å². The highest BCUT2D eigenvalue weighted by Gasteiger charge is 2.13. The van der Waals surface area contributed by atoms with Gasteiger partial charge in [0.2, 0.25) is 11.8 Å². The molecule has 0 fully saturated rings. The lowest BCUT2D eigenvalue weighted by Gasteiger charge is -2.16. The predicted octanol–water partition coefficient (Wildman–Crippen LogP) is -0.828. The molecule has 0 atom stereocenters. The van der Waals surface area contributed by atoms with Crippen LogP contribution in [0.1, 0.15) is 25.0 Å². The summed E-state index contributed by atoms with van der Waals surface area (Å²) < 4.78 is 0. The van der Waals surface area contributed by atoms with Crippen LogP contribution >= 0.6 is 0 Å². The number of amides is 2. The fourth-order valence-corrected chi connectivity index (χ4v) is 2.13. The molecular weight excluding hydrogens is 256 g/mol. The molecule has 0 spiro atoms. The molecule has 0 bridgehead atoms. The average Bonchev–Trinajstić information content (AvgIpc) is 2.32. The van der Waals surface area contributed by atoms with E-state index in [4.69, 9.17) is 0 Å². The lowest BCUT2D eigenvalue weighted by molar-refractivity contribution is -0.367. The quantitative estimate of drug-likeness (QED) is 0.545. The zero-order chi connectivity index (χ0) is 15.1. The van der Waals surface area contributed by atoms with Crippen LogP contribution in [0, 0.1) is 0 Å². The first kappa shape index (κ1) is 16.1. The highest BCUT2D eigenvalue weighted by atomic mass is 16.2. The number of rotatable bonds is 6. The van der Waals surface area contributed by atoms with Crippen molar-refractivity contribution >= 4 is 23.2 Å². The van der Waals surface area contributed by atoms with Gasteiger partial charge in [-0.1, -0.05) is 0 Å². The van der Waals surface area contributed by atoms with E-state index < -0.39 is 0 Å². The van der Waals surface area contributed by atoms with Gasteiger partial charge in [-0.2, -0.15) is 0 Å². The van der Waals surface area contributed by atoms with Crippen molar-refractivity contribution in [1.82, 2.24) is 0 Å². The minimum Gasteiger partial charge on any atom is -0.357 e. The molecule has 1 rings (SSSR count). The Balaban J connectivity index is 3.30. The normalized spacial score (nSPS) is 10.2. The molecule has 0 aliphatic heterocycles. The van der Waals surface area contributed by atoms with Crippen LogP contribution < -0.4 is 22.1 Å². The maximum atomic E-state index is 11.3. The van der Waals surface area contributed by atoms with Crippen LogP contribution in [0.15, 0.2) is 12.1 Å². The summed E-state index contributed by atoms with van der Waals surface area (Å²) in [6.07, 6.45) is 1.49. The summed E-state index contributed by atoms with van der Waals surface area (Å²) in [5, 5.41) is 5.66. The Bertz CT molecular complexity index is 463. The Hall–Kier alpha value is -1.92. The molecule has 0 aromatic heterocycles. The van der Waals surface area contributed by atoms with E-state index in [1.807, 2.05) is 12.1 Å². The molecule has 0 unspecified atom stereocenters. The number of quaternary nitrogens is 2. The van der Waals surface area contributed by atoms with Gasteiger partial charge in [0.15, 0.2) is 0 Å². The highest BCUT2D eigenvalue weighted by molar-refractivity contribution is 5.94. The molecule has 0 aliphatic rings. The van der Waals surface area contributed by atoms with Gasteiger partial charge in [-0.25, -0.2) is 0 Å². The molecule has 0 saturated heterocycles. The van der Waals surface area contributed by atoms with Crippen LogP contribution in [-0.4, -0.2) is 24.9 Å². The van der Waals surface area contributed by atoms with Crippen molar-refractivity contribution in [3.63, 3.8) is 0 Å². The second kappa shape index (κ2) is 7.62. The minimum absolute atomic E-state index is 0.129. The second-order valence-electron chi connectivity index (χ2n) is 4.74. The van der Waals surface area contributed by atoms with Crippen molar-refractivity contribution in [3.8, 4) is 0 Å². The molecule has 2 amide bonds. The van der Waals surface area contributed by atoms with Gasteiger partial charge < -0.3 is 22.1 Å². The maximum absolute atomic E-state index is 11.3. The van der Waals surface area contributed by atoms with Gasteiger partial charge in [-0.15, -0.1) is 0 Å². The van der Waals surface area contributed by atoms with Gasteiger partial charge in [0.25, 0.3) is 0 Å². The summed E-state index contributed by atoms with van der Waals surface area (Å²) in [5.41, 5.74) is 11.1. The molecule has 8 N–H and O–H groups in total. The number of carbonyl (C=O) groups excluding carboxylic acids is 2. The molecule has 6 nitrogen and oxygen atoms in total. The van der Waals surface area contributed by atoms with Crippen molar-refractivity contribution in [2.24, 2.45) is 0 Å². The fraction of sp³-hybridized carbons (Fsp3) is 0.429. The van der Waals surface area contributed by atoms with Gasteiger partial charge in [-0.05, 0) is 17.7 Å². The summed E-state index contributed by atoms with van der Waals surface area (Å²) in [4.78, 5) is 22.7. The third kappa shape index (κ3) is 4.64. The van der Waals surface area contributed by atoms with Crippen molar-refractivity contribution in [2.45, 2.75) is 26.7 Å². The Morgan fingerprint density at radius 1 is 0.950 bits per heavy atom. The summed E-state index contributed by atoms with van der Waals surface area (Å²) in [5.74, 6) is -0.258. The van der Waals surface area contributed by atoms with E-state index in [9.17, 15) is 9.59 Å². The first-order valence-corrected chi connectivity index (χ1v) is 6.77. The first-order valence-electron chi connectivity index (χ1n) is 6.77. The SMILES string of the molecule is CC(=O)Nc1cc(CC[NH3+])cc(NC(C)=O)c1CC[NH3+]. The minimum atomic E-state index is -0.129.